The molecule has 40 heavy (non-hydrogen) atoms. The van der Waals surface area contributed by atoms with Gasteiger partial charge in [0.1, 0.15) is 0 Å². The summed E-state index contributed by atoms with van der Waals surface area (Å²) in [5, 5.41) is 38.0. The normalized spacial score (nSPS) is 35.4. The van der Waals surface area contributed by atoms with Crippen molar-refractivity contribution in [3.8, 4) is 24.3 Å². The number of hydrogen-bond donors (Lipinski definition) is 0. The topological polar surface area (TPSA) is 163 Å². The summed E-state index contributed by atoms with van der Waals surface area (Å²) in [5.41, 5.74) is -1.91. The van der Waals surface area contributed by atoms with Crippen molar-refractivity contribution in [2.75, 3.05) is 0 Å². The molecule has 5 aliphatic rings. The van der Waals surface area contributed by atoms with E-state index in [-0.39, 0.29) is 21.6 Å². The Morgan fingerprint density at radius 1 is 0.550 bits per heavy atom. The Balaban J connectivity index is 1.43. The van der Waals surface area contributed by atoms with Crippen LogP contribution in [0, 0.1) is 91.7 Å². The Bertz CT molecular complexity index is 1730. The van der Waals surface area contributed by atoms with Crippen LogP contribution < -0.4 is 0 Å². The quantitative estimate of drug-likeness (QED) is 0.400. The van der Waals surface area contributed by atoms with Crippen LogP contribution in [0.15, 0.2) is 81.6 Å². The largest absolute Gasteiger partial charge is 0.223 e. The lowest BCUT2D eigenvalue weighted by atomic mass is 9.36. The average molecular weight is 567 g/mol. The summed E-state index contributed by atoms with van der Waals surface area (Å²) in [5.74, 6) is -2.95. The molecule has 3 fully saturated rings. The molecule has 0 radical (unpaired) electrons. The summed E-state index contributed by atoms with van der Waals surface area (Å²) in [4.78, 5) is 0.119. The van der Waals surface area contributed by atoms with Crippen molar-refractivity contribution < 1.29 is 16.8 Å². The van der Waals surface area contributed by atoms with Gasteiger partial charge in [-0.1, -0.05) is 47.5 Å². The number of sulfone groups is 2. The molecule has 8 atom stereocenters. The highest BCUT2D eigenvalue weighted by Crippen LogP contribution is 2.81. The van der Waals surface area contributed by atoms with Crippen LogP contribution in [0.2, 0.25) is 0 Å². The third kappa shape index (κ3) is 2.54. The number of benzene rings is 2. The molecule has 3 saturated carbocycles. The molecule has 0 amide bonds. The first-order valence-electron chi connectivity index (χ1n) is 13.1. The molecule has 2 aromatic carbocycles. The van der Waals surface area contributed by atoms with E-state index in [1.54, 1.807) is 36.4 Å². The van der Waals surface area contributed by atoms with E-state index in [4.69, 9.17) is 0 Å². The molecule has 7 rings (SSSR count). The third-order valence-corrected chi connectivity index (χ3v) is 15.2. The zero-order chi connectivity index (χ0) is 28.2. The summed E-state index contributed by atoms with van der Waals surface area (Å²) >= 11 is 0. The Morgan fingerprint density at radius 2 is 0.875 bits per heavy atom. The van der Waals surface area contributed by atoms with Gasteiger partial charge in [-0.2, -0.15) is 21.0 Å². The first-order chi connectivity index (χ1) is 19.2. The van der Waals surface area contributed by atoms with Gasteiger partial charge in [0.15, 0.2) is 30.5 Å². The standard InChI is InChI=1S/C30H22N4O4S2/c31-13-29(14-32)25-19-11-20(26(25)30(29,15-33)16-34)24-22-12-21(23(19)24)27(39(35,36)17-7-3-1-4-8-17)28(22)40(37,38)18-9-5-2-6-10-18/h1-10,19-22,25-28H,11-12H2. The van der Waals surface area contributed by atoms with Gasteiger partial charge in [0.05, 0.1) is 44.6 Å². The number of fused-ring (bicyclic) bond motifs is 11. The Hall–Kier alpha value is -3.96. The predicted molar refractivity (Wildman–Crippen MR) is 139 cm³/mol. The van der Waals surface area contributed by atoms with Crippen molar-refractivity contribution in [2.24, 2.45) is 46.3 Å². The van der Waals surface area contributed by atoms with Crippen LogP contribution in [0.4, 0.5) is 0 Å². The lowest BCUT2D eigenvalue weighted by Crippen LogP contribution is -2.66. The van der Waals surface area contributed by atoms with Crippen molar-refractivity contribution in [1.82, 2.24) is 0 Å². The molecule has 0 aromatic heterocycles. The molecule has 2 aromatic rings. The zero-order valence-corrected chi connectivity index (χ0v) is 22.7. The van der Waals surface area contributed by atoms with Crippen molar-refractivity contribution >= 4 is 19.7 Å². The molecule has 5 aliphatic carbocycles. The van der Waals surface area contributed by atoms with Crippen LogP contribution in [0.3, 0.4) is 0 Å². The second-order valence-corrected chi connectivity index (χ2v) is 15.8. The molecule has 8 unspecified atom stereocenters. The molecule has 10 heteroatoms. The fraction of sp³-hybridized carbons (Fsp3) is 0.400. The van der Waals surface area contributed by atoms with Crippen molar-refractivity contribution in [2.45, 2.75) is 33.1 Å². The first-order valence-corrected chi connectivity index (χ1v) is 16.2. The molecular formula is C30H22N4O4S2. The summed E-state index contributed by atoms with van der Waals surface area (Å²) in [6, 6.07) is 23.8. The molecule has 0 N–H and O–H groups in total. The van der Waals surface area contributed by atoms with Gasteiger partial charge in [0.2, 0.25) is 0 Å². The van der Waals surface area contributed by atoms with E-state index >= 15 is 0 Å². The summed E-state index contributed by atoms with van der Waals surface area (Å²) in [6.45, 7) is 0. The Labute approximate surface area is 232 Å². The molecule has 0 aliphatic heterocycles. The molecule has 0 heterocycles. The number of allylic oxidation sites excluding steroid dienone is 2. The molecule has 0 saturated heterocycles. The minimum absolute atomic E-state index is 0.0593. The minimum atomic E-state index is -4.10. The Morgan fingerprint density at radius 3 is 1.20 bits per heavy atom. The maximum absolute atomic E-state index is 14.2. The number of nitrogens with zero attached hydrogens (tertiary/aromatic N) is 4. The third-order valence-electron chi connectivity index (χ3n) is 10.5. The van der Waals surface area contributed by atoms with Crippen molar-refractivity contribution in [3.63, 3.8) is 0 Å². The molecule has 4 bridgehead atoms. The summed E-state index contributed by atoms with van der Waals surface area (Å²) in [7, 11) is -8.20. The molecule has 0 spiro atoms. The van der Waals surface area contributed by atoms with Gasteiger partial charge >= 0.3 is 0 Å². The van der Waals surface area contributed by atoms with Gasteiger partial charge in [-0.3, -0.25) is 0 Å². The van der Waals surface area contributed by atoms with Gasteiger partial charge in [-0.25, -0.2) is 16.8 Å². The minimum Gasteiger partial charge on any atom is -0.223 e. The SMILES string of the molecule is N#CC1(C#N)C2C3CC(C4=C3C3CC4C(S(=O)(=O)c4ccccc4)C3S(=O)(=O)c3ccccc3)C2C1(C#N)C#N. The molecular weight excluding hydrogens is 544 g/mol. The fourth-order valence-corrected chi connectivity index (χ4v) is 14.4. The first kappa shape index (κ1) is 25.0. The number of nitriles is 4. The van der Waals surface area contributed by atoms with Gasteiger partial charge in [0.25, 0.3) is 0 Å². The molecule has 198 valence electrons. The highest BCUT2D eigenvalue weighted by Gasteiger charge is 2.84. The maximum atomic E-state index is 14.2. The van der Waals surface area contributed by atoms with Gasteiger partial charge in [-0.05, 0) is 60.8 Å². The highest BCUT2D eigenvalue weighted by atomic mass is 32.2. The van der Waals surface area contributed by atoms with Crippen LogP contribution in [-0.4, -0.2) is 27.3 Å². The van der Waals surface area contributed by atoms with E-state index in [9.17, 15) is 37.9 Å². The van der Waals surface area contributed by atoms with E-state index in [1.807, 2.05) is 24.3 Å². The number of hydrogen-bond acceptors (Lipinski definition) is 8. The predicted octanol–water partition coefficient (Wildman–Crippen LogP) is 3.58. The lowest BCUT2D eigenvalue weighted by Gasteiger charge is -2.58. The van der Waals surface area contributed by atoms with Crippen LogP contribution in [0.5, 0.6) is 0 Å². The molecule has 8 nitrogen and oxygen atoms in total. The lowest BCUT2D eigenvalue weighted by molar-refractivity contribution is -0.0709. The van der Waals surface area contributed by atoms with Crippen LogP contribution >= 0.6 is 0 Å². The van der Waals surface area contributed by atoms with Gasteiger partial charge in [-0.15, -0.1) is 0 Å². The Kier molecular flexibility index (Phi) is 4.90. The monoisotopic (exact) mass is 566 g/mol. The maximum Gasteiger partial charge on any atom is 0.183 e. The summed E-state index contributed by atoms with van der Waals surface area (Å²) in [6.07, 6.45) is 0.836. The van der Waals surface area contributed by atoms with E-state index in [0.29, 0.717) is 12.8 Å². The average Bonchev–Trinajstić information content (AvgIpc) is 3.73. The summed E-state index contributed by atoms with van der Waals surface area (Å²) < 4.78 is 56.9. The fourth-order valence-electron chi connectivity index (χ4n) is 9.31. The smallest absolute Gasteiger partial charge is 0.183 e. The van der Waals surface area contributed by atoms with E-state index in [0.717, 1.165) is 11.1 Å². The van der Waals surface area contributed by atoms with E-state index < -0.39 is 64.7 Å². The van der Waals surface area contributed by atoms with Crippen LogP contribution in [0.1, 0.15) is 12.8 Å². The van der Waals surface area contributed by atoms with E-state index in [2.05, 4.69) is 0 Å². The van der Waals surface area contributed by atoms with Gasteiger partial charge in [0, 0.05) is 11.8 Å². The van der Waals surface area contributed by atoms with Gasteiger partial charge < -0.3 is 0 Å². The number of rotatable bonds is 4. The second-order valence-electron chi connectivity index (χ2n) is 11.6. The van der Waals surface area contributed by atoms with Crippen LogP contribution in [-0.2, 0) is 19.7 Å². The van der Waals surface area contributed by atoms with Crippen molar-refractivity contribution in [1.29, 1.82) is 21.0 Å². The van der Waals surface area contributed by atoms with E-state index in [1.165, 1.54) is 24.3 Å². The van der Waals surface area contributed by atoms with Crippen LogP contribution in [0.25, 0.3) is 0 Å². The second kappa shape index (κ2) is 7.82. The zero-order valence-electron chi connectivity index (χ0n) is 21.0. The van der Waals surface area contributed by atoms with Crippen molar-refractivity contribution in [3.05, 3.63) is 71.8 Å². The highest BCUT2D eigenvalue weighted by molar-refractivity contribution is 7.96.